The van der Waals surface area contributed by atoms with Crippen LogP contribution in [0.1, 0.15) is 31.7 Å². The van der Waals surface area contributed by atoms with Gasteiger partial charge in [0.05, 0.1) is 30.2 Å². The van der Waals surface area contributed by atoms with Crippen LogP contribution in [0.2, 0.25) is 6.32 Å². The standard InChI is InChI=1S/C28H30BNO6/c1-17(13-18-8-10-21(32)11-9-18)7-12-24-25-19(16-31)14-22-26(23(25)15-29(35)36-24)28(34)30(27(22)33)20-5-3-2-4-6-20/h2-6,8-11,13,22-24,26,31-32,35H,7,12,14-16H2,1H3/b17-13+/t22-,23+,24-,26-/m1/s1. The van der Waals surface area contributed by atoms with E-state index in [0.29, 0.717) is 24.9 Å². The number of aromatic hydroxyl groups is 1. The molecule has 36 heavy (non-hydrogen) atoms. The zero-order valence-electron chi connectivity index (χ0n) is 20.2. The van der Waals surface area contributed by atoms with Gasteiger partial charge in [-0.05, 0) is 79.4 Å². The van der Waals surface area contributed by atoms with Crippen molar-refractivity contribution in [1.82, 2.24) is 0 Å². The summed E-state index contributed by atoms with van der Waals surface area (Å²) in [5.74, 6) is -1.75. The molecule has 3 N–H and O–H groups in total. The van der Waals surface area contributed by atoms with Crippen molar-refractivity contribution in [2.45, 2.75) is 38.6 Å². The molecule has 2 aromatic rings. The molecule has 2 fully saturated rings. The minimum Gasteiger partial charge on any atom is -0.508 e. The number of phenols is 1. The van der Waals surface area contributed by atoms with E-state index in [1.165, 1.54) is 4.90 Å². The fourth-order valence-electron chi connectivity index (χ4n) is 6.03. The number of imide groups is 1. The molecule has 3 aliphatic rings. The number of phenolic OH excluding ortho intramolecular Hbond substituents is 1. The minimum atomic E-state index is -1.04. The Hall–Kier alpha value is -3.20. The third-order valence-electron chi connectivity index (χ3n) is 7.62. The molecule has 0 spiro atoms. The van der Waals surface area contributed by atoms with Crippen LogP contribution in [0, 0.1) is 17.8 Å². The number of hydrogen-bond acceptors (Lipinski definition) is 6. The Bertz CT molecular complexity index is 1210. The molecule has 7 nitrogen and oxygen atoms in total. The topological polar surface area (TPSA) is 107 Å². The first-order chi connectivity index (χ1) is 17.4. The molecule has 2 aliphatic heterocycles. The molecule has 4 atom stereocenters. The summed E-state index contributed by atoms with van der Waals surface area (Å²) in [6, 6.07) is 15.9. The summed E-state index contributed by atoms with van der Waals surface area (Å²) in [5, 5.41) is 30.3. The SMILES string of the molecule is C/C(=C\c1ccc(O)cc1)CC[C@H]1OB(O)C[C@H]2C1=C(CO)C[C@H]1C(=O)N(c3ccccc3)C(=O)[C@H]12. The van der Waals surface area contributed by atoms with Crippen LogP contribution in [-0.2, 0) is 14.2 Å². The minimum absolute atomic E-state index is 0.208. The number of anilines is 1. The maximum atomic E-state index is 13.6. The van der Waals surface area contributed by atoms with Gasteiger partial charge in [0.1, 0.15) is 5.75 Å². The lowest BCUT2D eigenvalue weighted by atomic mass is 9.58. The number of allylic oxidation sites excluding steroid dienone is 1. The van der Waals surface area contributed by atoms with Gasteiger partial charge in [0.25, 0.3) is 0 Å². The van der Waals surface area contributed by atoms with Crippen molar-refractivity contribution in [2.75, 3.05) is 11.5 Å². The molecule has 186 valence electrons. The van der Waals surface area contributed by atoms with Gasteiger partial charge >= 0.3 is 7.12 Å². The van der Waals surface area contributed by atoms with Crippen molar-refractivity contribution in [3.63, 3.8) is 0 Å². The van der Waals surface area contributed by atoms with E-state index >= 15 is 0 Å². The lowest BCUT2D eigenvalue weighted by molar-refractivity contribution is -0.122. The number of para-hydroxylation sites is 1. The Morgan fingerprint density at radius 1 is 1.08 bits per heavy atom. The highest BCUT2D eigenvalue weighted by Crippen LogP contribution is 2.51. The van der Waals surface area contributed by atoms with Crippen molar-refractivity contribution in [2.24, 2.45) is 17.8 Å². The second kappa shape index (κ2) is 10.0. The average molecular weight is 487 g/mol. The molecule has 0 radical (unpaired) electrons. The van der Waals surface area contributed by atoms with Crippen LogP contribution in [-0.4, -0.2) is 46.9 Å². The number of carbonyl (C=O) groups excluding carboxylic acids is 2. The number of fused-ring (bicyclic) bond motifs is 3. The van der Waals surface area contributed by atoms with E-state index in [9.17, 15) is 24.8 Å². The maximum absolute atomic E-state index is 13.6. The second-order valence-corrected chi connectivity index (χ2v) is 9.94. The van der Waals surface area contributed by atoms with Crippen molar-refractivity contribution in [1.29, 1.82) is 0 Å². The lowest BCUT2D eigenvalue weighted by Crippen LogP contribution is -2.46. The number of aliphatic hydroxyl groups excluding tert-OH is 1. The van der Waals surface area contributed by atoms with Gasteiger partial charge < -0.3 is 19.9 Å². The van der Waals surface area contributed by atoms with Gasteiger partial charge in [0.2, 0.25) is 11.8 Å². The first-order valence-electron chi connectivity index (χ1n) is 12.4. The van der Waals surface area contributed by atoms with Gasteiger partial charge in [-0.15, -0.1) is 0 Å². The summed E-state index contributed by atoms with van der Waals surface area (Å²) >= 11 is 0. The normalized spacial score (nSPS) is 26.4. The summed E-state index contributed by atoms with van der Waals surface area (Å²) in [4.78, 5) is 28.2. The molecule has 0 aromatic heterocycles. The van der Waals surface area contributed by atoms with Crippen molar-refractivity contribution in [3.8, 4) is 5.75 Å². The van der Waals surface area contributed by atoms with Crippen LogP contribution in [0.15, 0.2) is 71.3 Å². The molecule has 0 saturated carbocycles. The fourth-order valence-corrected chi connectivity index (χ4v) is 6.03. The third-order valence-corrected chi connectivity index (χ3v) is 7.62. The zero-order valence-corrected chi connectivity index (χ0v) is 20.2. The average Bonchev–Trinajstić information content (AvgIpc) is 3.13. The highest BCUT2D eigenvalue weighted by atomic mass is 16.5. The van der Waals surface area contributed by atoms with E-state index in [4.69, 9.17) is 4.65 Å². The second-order valence-electron chi connectivity index (χ2n) is 9.94. The lowest BCUT2D eigenvalue weighted by Gasteiger charge is -2.42. The Morgan fingerprint density at radius 2 is 1.81 bits per heavy atom. The van der Waals surface area contributed by atoms with E-state index < -0.39 is 25.1 Å². The monoisotopic (exact) mass is 487 g/mol. The third kappa shape index (κ3) is 4.52. The molecule has 0 unspecified atom stereocenters. The summed E-state index contributed by atoms with van der Waals surface area (Å²) in [6.07, 6.45) is 3.39. The number of aliphatic hydroxyl groups is 1. The van der Waals surface area contributed by atoms with Gasteiger partial charge in [-0.1, -0.05) is 42.0 Å². The fraction of sp³-hybridized carbons (Fsp3) is 0.357. The summed E-state index contributed by atoms with van der Waals surface area (Å²) < 4.78 is 5.94. The number of benzene rings is 2. The quantitative estimate of drug-likeness (QED) is 0.327. The first kappa shape index (κ1) is 24.5. The van der Waals surface area contributed by atoms with Crippen LogP contribution >= 0.6 is 0 Å². The van der Waals surface area contributed by atoms with Crippen LogP contribution in [0.3, 0.4) is 0 Å². The predicted molar refractivity (Wildman–Crippen MR) is 137 cm³/mol. The van der Waals surface area contributed by atoms with Crippen LogP contribution in [0.5, 0.6) is 5.75 Å². The maximum Gasteiger partial charge on any atom is 0.455 e. The Labute approximate surface area is 210 Å². The molecular formula is C28H30BNO6. The first-order valence-corrected chi connectivity index (χ1v) is 12.4. The smallest absolute Gasteiger partial charge is 0.455 e. The molecule has 1 aliphatic carbocycles. The Morgan fingerprint density at radius 3 is 2.50 bits per heavy atom. The molecule has 8 heteroatoms. The number of carbonyl (C=O) groups is 2. The van der Waals surface area contributed by atoms with Gasteiger partial charge in [-0.3, -0.25) is 14.5 Å². The molecular weight excluding hydrogens is 457 g/mol. The van der Waals surface area contributed by atoms with Gasteiger partial charge in [-0.25, -0.2) is 0 Å². The van der Waals surface area contributed by atoms with Gasteiger partial charge in [-0.2, -0.15) is 0 Å². The van der Waals surface area contributed by atoms with E-state index in [1.807, 2.05) is 31.2 Å². The molecule has 5 rings (SSSR count). The predicted octanol–water partition coefficient (Wildman–Crippen LogP) is 3.57. The van der Waals surface area contributed by atoms with E-state index in [-0.39, 0.29) is 36.4 Å². The molecule has 2 saturated heterocycles. The van der Waals surface area contributed by atoms with E-state index in [0.717, 1.165) is 22.3 Å². The summed E-state index contributed by atoms with van der Waals surface area (Å²) in [7, 11) is -1.04. The molecule has 2 heterocycles. The molecule has 2 amide bonds. The largest absolute Gasteiger partial charge is 0.508 e. The molecule has 2 aromatic carbocycles. The Balaban J connectivity index is 1.40. The molecule has 0 bridgehead atoms. The Kier molecular flexibility index (Phi) is 6.84. The zero-order chi connectivity index (χ0) is 25.4. The summed E-state index contributed by atoms with van der Waals surface area (Å²) in [6.45, 7) is 1.80. The number of amides is 2. The van der Waals surface area contributed by atoms with Crippen molar-refractivity contribution in [3.05, 3.63) is 76.9 Å². The van der Waals surface area contributed by atoms with Gasteiger partial charge in [0.15, 0.2) is 0 Å². The number of hydrogen-bond donors (Lipinski definition) is 3. The number of rotatable bonds is 6. The van der Waals surface area contributed by atoms with Crippen molar-refractivity contribution >= 4 is 30.7 Å². The highest BCUT2D eigenvalue weighted by molar-refractivity contribution is 6.43. The van der Waals surface area contributed by atoms with E-state index in [1.54, 1.807) is 36.4 Å². The summed E-state index contributed by atoms with van der Waals surface area (Å²) in [5.41, 5.74) is 4.24. The van der Waals surface area contributed by atoms with Gasteiger partial charge in [0, 0.05) is 0 Å². The van der Waals surface area contributed by atoms with E-state index in [2.05, 4.69) is 0 Å². The van der Waals surface area contributed by atoms with Crippen molar-refractivity contribution < 1.29 is 29.5 Å². The van der Waals surface area contributed by atoms with Crippen LogP contribution < -0.4 is 4.90 Å². The van der Waals surface area contributed by atoms with Crippen LogP contribution in [0.25, 0.3) is 6.08 Å². The highest BCUT2D eigenvalue weighted by Gasteiger charge is 2.57. The number of nitrogens with zero attached hydrogens (tertiary/aromatic N) is 1. The van der Waals surface area contributed by atoms with Crippen LogP contribution in [0.4, 0.5) is 5.69 Å².